The molecule has 0 unspecified atom stereocenters. The van der Waals surface area contributed by atoms with Crippen molar-refractivity contribution in [3.05, 3.63) is 83.6 Å². The third kappa shape index (κ3) is 4.30. The molecule has 4 aromatic rings. The molecule has 6 nitrogen and oxygen atoms in total. The number of nitrogens with zero attached hydrogens (tertiary/aromatic N) is 3. The lowest BCUT2D eigenvalue weighted by molar-refractivity contribution is -0.115. The molecule has 2 aromatic heterocycles. The Balaban J connectivity index is 1.72. The van der Waals surface area contributed by atoms with E-state index in [2.05, 4.69) is 20.4 Å². The lowest BCUT2D eigenvalue weighted by atomic mass is 10.0. The lowest BCUT2D eigenvalue weighted by Crippen LogP contribution is -2.15. The van der Waals surface area contributed by atoms with Gasteiger partial charge in [0.05, 0.1) is 17.7 Å². The Morgan fingerprint density at radius 2 is 1.90 bits per heavy atom. The zero-order chi connectivity index (χ0) is 22.0. The number of nitrogens with one attached hydrogen (secondary N) is 1. The fourth-order valence-electron chi connectivity index (χ4n) is 3.06. The molecule has 9 heteroatoms. The molecule has 0 aliphatic heterocycles. The van der Waals surface area contributed by atoms with Crippen molar-refractivity contribution >= 4 is 11.8 Å². The number of hydrogen-bond donors (Lipinski definition) is 1. The van der Waals surface area contributed by atoms with Gasteiger partial charge in [0.2, 0.25) is 11.8 Å². The van der Waals surface area contributed by atoms with Crippen molar-refractivity contribution in [2.75, 3.05) is 5.32 Å². The molecular weight excluding hydrogens is 409 g/mol. The van der Waals surface area contributed by atoms with Crippen LogP contribution in [0.2, 0.25) is 0 Å². The minimum Gasteiger partial charge on any atom is -0.337 e. The third-order valence-electron chi connectivity index (χ3n) is 4.53. The number of benzene rings is 2. The molecule has 2 heterocycles. The van der Waals surface area contributed by atoms with Crippen LogP contribution in [0.1, 0.15) is 11.1 Å². The Morgan fingerprint density at radius 1 is 1.06 bits per heavy atom. The largest absolute Gasteiger partial charge is 0.337 e. The fraction of sp³-hybridized carbons (Fsp3) is 0.0909. The molecule has 0 aliphatic carbocycles. The standard InChI is InChI=1S/C22H15F3N4O2/c1-12-2-5-16(24)15(8-12)21-20(18-6-7-26-11-27-18)22(31-29-21)28-19(30)9-13-3-4-14(23)10-17(13)25/h2-8,10-11H,9H2,1H3,(H,28,30). The summed E-state index contributed by atoms with van der Waals surface area (Å²) in [6.45, 7) is 1.80. The van der Waals surface area contributed by atoms with Crippen molar-refractivity contribution in [3.63, 3.8) is 0 Å². The maximum Gasteiger partial charge on any atom is 0.241 e. The van der Waals surface area contributed by atoms with Crippen molar-refractivity contribution in [2.24, 2.45) is 0 Å². The van der Waals surface area contributed by atoms with Crippen molar-refractivity contribution in [1.29, 1.82) is 0 Å². The normalized spacial score (nSPS) is 10.8. The van der Waals surface area contributed by atoms with Gasteiger partial charge in [0.15, 0.2) is 0 Å². The van der Waals surface area contributed by atoms with Crippen molar-refractivity contribution in [3.8, 4) is 22.5 Å². The van der Waals surface area contributed by atoms with Crippen LogP contribution in [0.3, 0.4) is 0 Å². The Labute approximate surface area is 174 Å². The molecule has 0 saturated carbocycles. The van der Waals surface area contributed by atoms with Gasteiger partial charge in [0.25, 0.3) is 0 Å². The van der Waals surface area contributed by atoms with Gasteiger partial charge in [-0.2, -0.15) is 0 Å². The SMILES string of the molecule is Cc1ccc(F)c(-c2noc(NC(=O)Cc3ccc(F)cc3F)c2-c2ccncn2)c1. The molecule has 4 rings (SSSR count). The van der Waals surface area contributed by atoms with Gasteiger partial charge in [-0.3, -0.25) is 10.1 Å². The summed E-state index contributed by atoms with van der Waals surface area (Å²) in [6, 6.07) is 9.01. The van der Waals surface area contributed by atoms with Crippen LogP contribution in [0.4, 0.5) is 19.1 Å². The smallest absolute Gasteiger partial charge is 0.241 e. The number of amides is 1. The topological polar surface area (TPSA) is 80.9 Å². The van der Waals surface area contributed by atoms with Crippen LogP contribution in [0.5, 0.6) is 0 Å². The summed E-state index contributed by atoms with van der Waals surface area (Å²) < 4.78 is 46.8. The molecule has 0 atom stereocenters. The predicted octanol–water partition coefficient (Wildman–Crippen LogP) is 4.71. The van der Waals surface area contributed by atoms with E-state index >= 15 is 0 Å². The van der Waals surface area contributed by atoms with Crippen LogP contribution in [0.15, 0.2) is 59.5 Å². The molecule has 0 saturated heterocycles. The lowest BCUT2D eigenvalue weighted by Gasteiger charge is -2.07. The number of carbonyl (C=O) groups is 1. The van der Waals surface area contributed by atoms with Crippen LogP contribution in [-0.4, -0.2) is 21.0 Å². The van der Waals surface area contributed by atoms with Crippen LogP contribution in [0, 0.1) is 24.4 Å². The van der Waals surface area contributed by atoms with E-state index in [-0.39, 0.29) is 34.7 Å². The number of halogens is 3. The monoisotopic (exact) mass is 424 g/mol. The first-order chi connectivity index (χ1) is 14.9. The van der Waals surface area contributed by atoms with Crippen molar-refractivity contribution in [2.45, 2.75) is 13.3 Å². The second-order valence-electron chi connectivity index (χ2n) is 6.77. The highest BCUT2D eigenvalue weighted by Gasteiger charge is 2.24. The molecule has 0 spiro atoms. The third-order valence-corrected chi connectivity index (χ3v) is 4.53. The Hall–Kier alpha value is -4.01. The molecule has 0 fully saturated rings. The summed E-state index contributed by atoms with van der Waals surface area (Å²) in [7, 11) is 0. The fourth-order valence-corrected chi connectivity index (χ4v) is 3.06. The quantitative estimate of drug-likeness (QED) is 0.502. The Morgan fingerprint density at radius 3 is 2.65 bits per heavy atom. The molecule has 156 valence electrons. The number of rotatable bonds is 5. The van der Waals surface area contributed by atoms with E-state index in [1.54, 1.807) is 25.1 Å². The van der Waals surface area contributed by atoms with Crippen LogP contribution in [-0.2, 0) is 11.2 Å². The molecule has 1 amide bonds. The molecule has 2 aromatic carbocycles. The first kappa shape index (κ1) is 20.3. The second-order valence-corrected chi connectivity index (χ2v) is 6.77. The van der Waals surface area contributed by atoms with Gasteiger partial charge >= 0.3 is 0 Å². The maximum atomic E-state index is 14.5. The first-order valence-electron chi connectivity index (χ1n) is 9.18. The van der Waals surface area contributed by atoms with Gasteiger partial charge in [-0.05, 0) is 36.8 Å². The van der Waals surface area contributed by atoms with Gasteiger partial charge in [0, 0.05) is 17.8 Å². The summed E-state index contributed by atoms with van der Waals surface area (Å²) in [5.74, 6) is -2.82. The zero-order valence-electron chi connectivity index (χ0n) is 16.2. The average Bonchev–Trinajstić information content (AvgIpc) is 3.15. The van der Waals surface area contributed by atoms with E-state index in [1.165, 1.54) is 24.7 Å². The van der Waals surface area contributed by atoms with E-state index in [9.17, 15) is 18.0 Å². The van der Waals surface area contributed by atoms with Crippen molar-refractivity contribution < 1.29 is 22.5 Å². The maximum absolute atomic E-state index is 14.5. The van der Waals surface area contributed by atoms with Gasteiger partial charge in [-0.1, -0.05) is 22.9 Å². The van der Waals surface area contributed by atoms with E-state index in [0.717, 1.165) is 11.6 Å². The predicted molar refractivity (Wildman–Crippen MR) is 106 cm³/mol. The minimum atomic E-state index is -0.841. The summed E-state index contributed by atoms with van der Waals surface area (Å²) in [5, 5.41) is 6.45. The van der Waals surface area contributed by atoms with Crippen LogP contribution in [0.25, 0.3) is 22.5 Å². The molecule has 0 radical (unpaired) electrons. The van der Waals surface area contributed by atoms with Crippen LogP contribution < -0.4 is 5.32 Å². The van der Waals surface area contributed by atoms with E-state index < -0.39 is 23.4 Å². The highest BCUT2D eigenvalue weighted by Crippen LogP contribution is 2.38. The van der Waals surface area contributed by atoms with Crippen LogP contribution >= 0.6 is 0 Å². The van der Waals surface area contributed by atoms with Gasteiger partial charge in [-0.15, -0.1) is 0 Å². The number of anilines is 1. The Kier molecular flexibility index (Phi) is 5.48. The Bertz CT molecular complexity index is 1260. The zero-order valence-corrected chi connectivity index (χ0v) is 16.2. The van der Waals surface area contributed by atoms with E-state index in [1.807, 2.05) is 0 Å². The summed E-state index contributed by atoms with van der Waals surface area (Å²) in [4.78, 5) is 20.5. The summed E-state index contributed by atoms with van der Waals surface area (Å²) >= 11 is 0. The molecular formula is C22H15F3N4O2. The first-order valence-corrected chi connectivity index (χ1v) is 9.18. The number of carbonyl (C=O) groups excluding carboxylic acids is 1. The molecule has 31 heavy (non-hydrogen) atoms. The van der Waals surface area contributed by atoms with E-state index in [0.29, 0.717) is 11.8 Å². The molecule has 0 aliphatic rings. The number of aryl methyl sites for hydroxylation is 1. The highest BCUT2D eigenvalue weighted by atomic mass is 19.1. The van der Waals surface area contributed by atoms with Gasteiger partial charge in [0.1, 0.15) is 29.5 Å². The van der Waals surface area contributed by atoms with Crippen molar-refractivity contribution in [1.82, 2.24) is 15.1 Å². The number of hydrogen-bond acceptors (Lipinski definition) is 5. The van der Waals surface area contributed by atoms with E-state index in [4.69, 9.17) is 4.52 Å². The number of aromatic nitrogens is 3. The summed E-state index contributed by atoms with van der Waals surface area (Å²) in [5.41, 5.74) is 1.71. The molecule has 1 N–H and O–H groups in total. The average molecular weight is 424 g/mol. The molecule has 0 bridgehead atoms. The van der Waals surface area contributed by atoms with Gasteiger partial charge < -0.3 is 4.52 Å². The van der Waals surface area contributed by atoms with Gasteiger partial charge in [-0.25, -0.2) is 23.1 Å². The second kappa shape index (κ2) is 8.39. The summed E-state index contributed by atoms with van der Waals surface area (Å²) in [6.07, 6.45) is 2.40. The highest BCUT2D eigenvalue weighted by molar-refractivity contribution is 5.97. The minimum absolute atomic E-state index is 0.00644.